The zero-order chi connectivity index (χ0) is 23.1. The van der Waals surface area contributed by atoms with Gasteiger partial charge in [-0.25, -0.2) is 8.42 Å². The van der Waals surface area contributed by atoms with Crippen LogP contribution < -0.4 is 14.4 Å². The molecule has 0 atom stereocenters. The van der Waals surface area contributed by atoms with E-state index in [1.807, 2.05) is 13.8 Å². The largest absolute Gasteiger partial charge is 0.491 e. The van der Waals surface area contributed by atoms with Crippen molar-refractivity contribution in [2.45, 2.75) is 52.2 Å². The number of hydrogen-bond donors (Lipinski definition) is 1. The summed E-state index contributed by atoms with van der Waals surface area (Å²) in [5.41, 5.74) is 3.17. The summed E-state index contributed by atoms with van der Waals surface area (Å²) >= 11 is 0. The van der Waals surface area contributed by atoms with E-state index in [2.05, 4.69) is 11.4 Å². The first kappa shape index (κ1) is 23.9. The van der Waals surface area contributed by atoms with E-state index >= 15 is 0 Å². The van der Waals surface area contributed by atoms with Crippen LogP contribution in [0.15, 0.2) is 60.2 Å². The van der Waals surface area contributed by atoms with Crippen molar-refractivity contribution in [3.8, 4) is 5.75 Å². The van der Waals surface area contributed by atoms with Crippen molar-refractivity contribution in [2.24, 2.45) is 0 Å². The van der Waals surface area contributed by atoms with Crippen LogP contribution in [0, 0.1) is 0 Å². The highest BCUT2D eigenvalue weighted by Gasteiger charge is 2.19. The van der Waals surface area contributed by atoms with E-state index in [0.29, 0.717) is 23.5 Å². The summed E-state index contributed by atoms with van der Waals surface area (Å²) in [6, 6.07) is 14.1. The molecule has 32 heavy (non-hydrogen) atoms. The molecule has 0 bridgehead atoms. The minimum Gasteiger partial charge on any atom is -0.491 e. The Morgan fingerprint density at radius 2 is 1.88 bits per heavy atom. The fourth-order valence-electron chi connectivity index (χ4n) is 3.67. The van der Waals surface area contributed by atoms with E-state index in [0.717, 1.165) is 18.4 Å². The molecule has 0 heterocycles. The van der Waals surface area contributed by atoms with Crippen molar-refractivity contribution in [1.29, 1.82) is 0 Å². The maximum absolute atomic E-state index is 12.5. The number of ether oxygens (including phenoxy) is 1. The lowest BCUT2D eigenvalue weighted by atomic mass is 9.99. The van der Waals surface area contributed by atoms with Crippen LogP contribution in [0.1, 0.15) is 55.5 Å². The molecule has 0 aliphatic heterocycles. The molecule has 0 saturated heterocycles. The molecular weight excluding hydrogens is 424 g/mol. The van der Waals surface area contributed by atoms with Crippen LogP contribution in [-0.2, 0) is 16.6 Å². The molecule has 0 aromatic heterocycles. The summed E-state index contributed by atoms with van der Waals surface area (Å²) in [4.78, 5) is 12.5. The van der Waals surface area contributed by atoms with Crippen LogP contribution in [-0.4, -0.2) is 33.2 Å². The second-order valence-electron chi connectivity index (χ2n) is 8.42. The Kier molecular flexibility index (Phi) is 7.96. The quantitative estimate of drug-likeness (QED) is 0.557. The van der Waals surface area contributed by atoms with Crippen LogP contribution in [0.2, 0.25) is 0 Å². The van der Waals surface area contributed by atoms with Gasteiger partial charge in [0.2, 0.25) is 10.0 Å². The van der Waals surface area contributed by atoms with Crippen molar-refractivity contribution in [2.75, 3.05) is 17.1 Å². The van der Waals surface area contributed by atoms with Gasteiger partial charge < -0.3 is 10.1 Å². The minimum atomic E-state index is -3.52. The molecule has 0 radical (unpaired) electrons. The average molecular weight is 457 g/mol. The Bertz CT molecular complexity index is 1060. The van der Waals surface area contributed by atoms with Crippen molar-refractivity contribution in [3.05, 3.63) is 71.3 Å². The van der Waals surface area contributed by atoms with Crippen LogP contribution in [0.4, 0.5) is 5.69 Å². The van der Waals surface area contributed by atoms with Crippen molar-refractivity contribution < 1.29 is 17.9 Å². The molecule has 0 saturated carbocycles. The fraction of sp³-hybridized carbons (Fsp3) is 0.400. The number of carbonyl (C=O) groups excluding carboxylic acids is 1. The molecule has 1 N–H and O–H groups in total. The third-order valence-electron chi connectivity index (χ3n) is 5.28. The third kappa shape index (κ3) is 6.85. The lowest BCUT2D eigenvalue weighted by Gasteiger charge is -2.23. The predicted octanol–water partition coefficient (Wildman–Crippen LogP) is 4.67. The Morgan fingerprint density at radius 1 is 1.12 bits per heavy atom. The standard InChI is InChI=1S/C25H32N2O4S/c1-19(2)31-24-11-7-10-23(16-24)27(32(3,29)30)18-21-12-14-22(15-13-21)25(28)26-17-20-8-5-4-6-9-20/h7-8,10-16,19H,4-6,9,17-18H2,1-3H3,(H,26,28). The van der Waals surface area contributed by atoms with Gasteiger partial charge in [0.25, 0.3) is 5.91 Å². The average Bonchev–Trinajstić information content (AvgIpc) is 2.76. The molecule has 2 aromatic rings. The van der Waals surface area contributed by atoms with E-state index in [9.17, 15) is 13.2 Å². The van der Waals surface area contributed by atoms with Gasteiger partial charge in [-0.05, 0) is 69.4 Å². The predicted molar refractivity (Wildman–Crippen MR) is 129 cm³/mol. The van der Waals surface area contributed by atoms with Gasteiger partial charge in [-0.3, -0.25) is 9.10 Å². The van der Waals surface area contributed by atoms with E-state index in [1.165, 1.54) is 29.0 Å². The highest BCUT2D eigenvalue weighted by Crippen LogP contribution is 2.26. The molecule has 0 spiro atoms. The summed E-state index contributed by atoms with van der Waals surface area (Å²) in [6.45, 7) is 4.59. The number of hydrogen-bond acceptors (Lipinski definition) is 4. The summed E-state index contributed by atoms with van der Waals surface area (Å²) in [5, 5.41) is 2.97. The highest BCUT2D eigenvalue weighted by molar-refractivity contribution is 7.92. The number of anilines is 1. The number of nitrogens with zero attached hydrogens (tertiary/aromatic N) is 1. The van der Waals surface area contributed by atoms with E-state index in [4.69, 9.17) is 4.74 Å². The van der Waals surface area contributed by atoms with Gasteiger partial charge in [0.1, 0.15) is 5.75 Å². The summed E-state index contributed by atoms with van der Waals surface area (Å²) in [6.07, 6.45) is 7.93. The second-order valence-corrected chi connectivity index (χ2v) is 10.3. The number of sulfonamides is 1. The lowest BCUT2D eigenvalue weighted by Crippen LogP contribution is -2.29. The number of amides is 1. The molecule has 1 amide bonds. The van der Waals surface area contributed by atoms with Gasteiger partial charge in [0.05, 0.1) is 24.6 Å². The smallest absolute Gasteiger partial charge is 0.251 e. The molecule has 172 valence electrons. The summed E-state index contributed by atoms with van der Waals surface area (Å²) < 4.78 is 32.0. The first-order valence-corrected chi connectivity index (χ1v) is 12.9. The van der Waals surface area contributed by atoms with E-state index in [-0.39, 0.29) is 18.6 Å². The van der Waals surface area contributed by atoms with Crippen LogP contribution in [0.5, 0.6) is 5.75 Å². The minimum absolute atomic E-state index is 0.00923. The molecule has 0 unspecified atom stereocenters. The molecule has 6 nitrogen and oxygen atoms in total. The normalized spacial score (nSPS) is 14.1. The SMILES string of the molecule is CC(C)Oc1cccc(N(Cc2ccc(C(=O)NCC3=CCCCC3)cc2)S(C)(=O)=O)c1. The molecule has 2 aromatic carbocycles. The van der Waals surface area contributed by atoms with E-state index in [1.54, 1.807) is 48.5 Å². The van der Waals surface area contributed by atoms with Gasteiger partial charge in [0.15, 0.2) is 0 Å². The maximum Gasteiger partial charge on any atom is 0.251 e. The maximum atomic E-state index is 12.5. The third-order valence-corrected chi connectivity index (χ3v) is 6.42. The molecule has 1 aliphatic rings. The molecular formula is C25H32N2O4S. The van der Waals surface area contributed by atoms with Gasteiger partial charge in [-0.2, -0.15) is 0 Å². The van der Waals surface area contributed by atoms with Crippen LogP contribution in [0.3, 0.4) is 0 Å². The topological polar surface area (TPSA) is 75.7 Å². The van der Waals surface area contributed by atoms with E-state index < -0.39 is 10.0 Å². The monoisotopic (exact) mass is 456 g/mol. The second kappa shape index (κ2) is 10.7. The van der Waals surface area contributed by atoms with Crippen molar-refractivity contribution in [3.63, 3.8) is 0 Å². The molecule has 1 aliphatic carbocycles. The Hall–Kier alpha value is -2.80. The first-order valence-electron chi connectivity index (χ1n) is 11.0. The fourth-order valence-corrected chi connectivity index (χ4v) is 4.55. The van der Waals surface area contributed by atoms with Gasteiger partial charge >= 0.3 is 0 Å². The number of carbonyl (C=O) groups is 1. The van der Waals surface area contributed by atoms with Gasteiger partial charge in [-0.15, -0.1) is 0 Å². The van der Waals surface area contributed by atoms with Crippen LogP contribution >= 0.6 is 0 Å². The first-order chi connectivity index (χ1) is 15.2. The number of nitrogens with one attached hydrogen (secondary N) is 1. The lowest BCUT2D eigenvalue weighted by molar-refractivity contribution is 0.0956. The summed E-state index contributed by atoms with van der Waals surface area (Å²) in [7, 11) is -3.52. The number of allylic oxidation sites excluding steroid dienone is 1. The highest BCUT2D eigenvalue weighted by atomic mass is 32.2. The zero-order valence-corrected chi connectivity index (χ0v) is 19.8. The molecule has 3 rings (SSSR count). The zero-order valence-electron chi connectivity index (χ0n) is 19.0. The summed E-state index contributed by atoms with van der Waals surface area (Å²) in [5.74, 6) is 0.493. The number of benzene rings is 2. The van der Waals surface area contributed by atoms with Crippen molar-refractivity contribution >= 4 is 21.6 Å². The Labute approximate surface area is 191 Å². The number of rotatable bonds is 9. The van der Waals surface area contributed by atoms with Gasteiger partial charge in [-0.1, -0.05) is 29.8 Å². The van der Waals surface area contributed by atoms with Gasteiger partial charge in [0, 0.05) is 18.2 Å². The Morgan fingerprint density at radius 3 is 2.50 bits per heavy atom. The molecule has 0 fully saturated rings. The Balaban J connectivity index is 1.70. The van der Waals surface area contributed by atoms with Crippen LogP contribution in [0.25, 0.3) is 0 Å². The van der Waals surface area contributed by atoms with Crippen molar-refractivity contribution in [1.82, 2.24) is 5.32 Å². The molecule has 7 heteroatoms.